The highest BCUT2D eigenvalue weighted by molar-refractivity contribution is 5.71. The Kier molecular flexibility index (Phi) is 7.81. The minimum atomic E-state index is -4.41. The highest BCUT2D eigenvalue weighted by Crippen LogP contribution is 2.33. The molecule has 0 aliphatic carbocycles. The molecule has 0 fully saturated rings. The van der Waals surface area contributed by atoms with Gasteiger partial charge in [-0.25, -0.2) is 4.79 Å². The summed E-state index contributed by atoms with van der Waals surface area (Å²) in [4.78, 5) is 16.0. The van der Waals surface area contributed by atoms with Crippen molar-refractivity contribution in [2.24, 2.45) is 0 Å². The van der Waals surface area contributed by atoms with Crippen LogP contribution in [0.3, 0.4) is 0 Å². The van der Waals surface area contributed by atoms with Crippen LogP contribution in [0.1, 0.15) is 42.3 Å². The van der Waals surface area contributed by atoms with E-state index < -0.39 is 17.7 Å². The first-order chi connectivity index (χ1) is 16.1. The monoisotopic (exact) mass is 473 g/mol. The first kappa shape index (κ1) is 25.1. The summed E-state index contributed by atoms with van der Waals surface area (Å²) in [6, 6.07) is 13.9. The van der Waals surface area contributed by atoms with Crippen molar-refractivity contribution in [3.8, 4) is 22.8 Å². The van der Waals surface area contributed by atoms with Crippen LogP contribution in [0.25, 0.3) is 11.3 Å². The first-order valence-corrected chi connectivity index (χ1v) is 10.8. The maximum Gasteiger partial charge on any atom is 0.416 e. The number of halogens is 3. The number of aryl methyl sites for hydroxylation is 2. The molecule has 1 heterocycles. The summed E-state index contributed by atoms with van der Waals surface area (Å²) >= 11 is 0. The van der Waals surface area contributed by atoms with Gasteiger partial charge in [0.1, 0.15) is 17.6 Å². The number of alkyl halides is 3. The van der Waals surface area contributed by atoms with Crippen LogP contribution < -0.4 is 9.47 Å². The van der Waals surface area contributed by atoms with Crippen molar-refractivity contribution in [3.05, 3.63) is 77.0 Å². The van der Waals surface area contributed by atoms with Crippen LogP contribution in [0.2, 0.25) is 0 Å². The third kappa shape index (κ3) is 6.27. The maximum absolute atomic E-state index is 13.0. The number of aromatic nitrogens is 1. The lowest BCUT2D eigenvalue weighted by Crippen LogP contribution is -2.15. The zero-order chi connectivity index (χ0) is 24.9. The molecule has 0 aliphatic rings. The molecule has 1 aromatic heterocycles. The molecular weight excluding hydrogens is 447 g/mol. The zero-order valence-corrected chi connectivity index (χ0v) is 19.4. The number of hydrogen-bond donors (Lipinski definition) is 0. The second kappa shape index (κ2) is 10.6. The Hall–Kier alpha value is -3.55. The number of benzene rings is 2. The Bertz CT molecular complexity index is 1160. The molecule has 34 heavy (non-hydrogen) atoms. The van der Waals surface area contributed by atoms with Gasteiger partial charge < -0.3 is 14.2 Å². The van der Waals surface area contributed by atoms with E-state index >= 15 is 0 Å². The number of nitrogens with zero attached hydrogens (tertiary/aromatic N) is 1. The average molecular weight is 473 g/mol. The van der Waals surface area contributed by atoms with Gasteiger partial charge in [0.05, 0.1) is 17.9 Å². The largest absolute Gasteiger partial charge is 0.486 e. The van der Waals surface area contributed by atoms with E-state index in [-0.39, 0.29) is 12.7 Å². The van der Waals surface area contributed by atoms with Crippen molar-refractivity contribution in [2.75, 3.05) is 13.2 Å². The lowest BCUT2D eigenvalue weighted by atomic mass is 10.0. The second-order valence-electron chi connectivity index (χ2n) is 7.73. The van der Waals surface area contributed by atoms with E-state index in [9.17, 15) is 18.0 Å². The minimum Gasteiger partial charge on any atom is -0.486 e. The maximum atomic E-state index is 13.0. The highest BCUT2D eigenvalue weighted by atomic mass is 19.4. The lowest BCUT2D eigenvalue weighted by Gasteiger charge is -2.18. The quantitative estimate of drug-likeness (QED) is 0.351. The van der Waals surface area contributed by atoms with Crippen LogP contribution >= 0.6 is 0 Å². The van der Waals surface area contributed by atoms with Crippen LogP contribution in [-0.4, -0.2) is 24.2 Å². The Balaban J connectivity index is 1.71. The predicted molar refractivity (Wildman–Crippen MR) is 122 cm³/mol. The van der Waals surface area contributed by atoms with E-state index in [2.05, 4.69) is 4.98 Å². The number of ether oxygens (including phenoxy) is 3. The Labute approximate surface area is 196 Å². The number of carbonyl (C=O) groups is 1. The van der Waals surface area contributed by atoms with E-state index in [0.29, 0.717) is 35.1 Å². The van der Waals surface area contributed by atoms with Crippen LogP contribution in [0.4, 0.5) is 13.2 Å². The average Bonchev–Trinajstić information content (AvgIpc) is 2.78. The predicted octanol–water partition coefficient (Wildman–Crippen LogP) is 6.47. The summed E-state index contributed by atoms with van der Waals surface area (Å²) in [6.45, 7) is 7.36. The zero-order valence-electron chi connectivity index (χ0n) is 19.4. The normalized spacial score (nSPS) is 12.2. The van der Waals surface area contributed by atoms with E-state index in [0.717, 1.165) is 23.3 Å². The van der Waals surface area contributed by atoms with Gasteiger partial charge >= 0.3 is 12.1 Å². The molecule has 2 aromatic carbocycles. The molecule has 1 unspecified atom stereocenters. The lowest BCUT2D eigenvalue weighted by molar-refractivity contribution is -0.145. The third-order valence-corrected chi connectivity index (χ3v) is 5.16. The van der Waals surface area contributed by atoms with Crippen molar-refractivity contribution in [2.45, 2.75) is 40.0 Å². The van der Waals surface area contributed by atoms with Gasteiger partial charge in [0.15, 0.2) is 6.61 Å². The highest BCUT2D eigenvalue weighted by Gasteiger charge is 2.30. The molecule has 0 bridgehead atoms. The van der Waals surface area contributed by atoms with Crippen molar-refractivity contribution in [1.29, 1.82) is 0 Å². The molecular formula is C26H26F3NO4. The third-order valence-electron chi connectivity index (χ3n) is 5.16. The van der Waals surface area contributed by atoms with E-state index in [1.54, 1.807) is 44.2 Å². The van der Waals surface area contributed by atoms with Crippen molar-refractivity contribution >= 4 is 5.97 Å². The molecule has 0 amide bonds. The number of pyridine rings is 1. The van der Waals surface area contributed by atoms with Gasteiger partial charge in [-0.3, -0.25) is 4.98 Å². The summed E-state index contributed by atoms with van der Waals surface area (Å²) in [5.74, 6) is 0.721. The van der Waals surface area contributed by atoms with Gasteiger partial charge in [-0.15, -0.1) is 0 Å². The van der Waals surface area contributed by atoms with E-state index in [1.807, 2.05) is 19.9 Å². The molecule has 3 aromatic rings. The van der Waals surface area contributed by atoms with Gasteiger partial charge in [0.25, 0.3) is 0 Å². The number of rotatable bonds is 8. The van der Waals surface area contributed by atoms with Gasteiger partial charge in [-0.2, -0.15) is 13.2 Å². The van der Waals surface area contributed by atoms with Gasteiger partial charge in [0, 0.05) is 16.8 Å². The van der Waals surface area contributed by atoms with Crippen LogP contribution in [0.5, 0.6) is 11.5 Å². The molecule has 0 aliphatic heterocycles. The summed E-state index contributed by atoms with van der Waals surface area (Å²) < 4.78 is 55.5. The van der Waals surface area contributed by atoms with Gasteiger partial charge in [-0.05, 0) is 69.7 Å². The van der Waals surface area contributed by atoms with Gasteiger partial charge in [0.2, 0.25) is 0 Å². The molecule has 5 nitrogen and oxygen atoms in total. The van der Waals surface area contributed by atoms with Crippen LogP contribution in [0.15, 0.2) is 54.6 Å². The fourth-order valence-corrected chi connectivity index (χ4v) is 3.48. The number of carbonyl (C=O) groups excluding carboxylic acids is 1. The molecule has 0 N–H and O–H groups in total. The van der Waals surface area contributed by atoms with E-state index in [4.69, 9.17) is 14.2 Å². The summed E-state index contributed by atoms with van der Waals surface area (Å²) in [5.41, 5.74) is 2.41. The Morgan fingerprint density at radius 1 is 1.06 bits per heavy atom. The van der Waals surface area contributed by atoms with Crippen LogP contribution in [0, 0.1) is 13.8 Å². The topological polar surface area (TPSA) is 57.7 Å². The summed E-state index contributed by atoms with van der Waals surface area (Å²) in [6.07, 6.45) is -4.76. The number of esters is 1. The summed E-state index contributed by atoms with van der Waals surface area (Å²) in [5, 5.41) is 0. The van der Waals surface area contributed by atoms with Crippen molar-refractivity contribution < 1.29 is 32.2 Å². The molecule has 0 radical (unpaired) electrons. The molecule has 8 heteroatoms. The molecule has 0 spiro atoms. The van der Waals surface area contributed by atoms with Crippen molar-refractivity contribution in [1.82, 2.24) is 4.98 Å². The fourth-order valence-electron chi connectivity index (χ4n) is 3.48. The van der Waals surface area contributed by atoms with Gasteiger partial charge in [-0.1, -0.05) is 18.2 Å². The van der Waals surface area contributed by atoms with E-state index in [1.165, 1.54) is 6.07 Å². The number of hydrogen-bond acceptors (Lipinski definition) is 5. The summed E-state index contributed by atoms with van der Waals surface area (Å²) in [7, 11) is 0. The standard InChI is InChI=1S/C26H26F3NO4/c1-5-32-25(31)15-33-24-12-9-21(13-16(24)2)34-18(4)22-10-11-23(30-17(22)3)19-7-6-8-20(14-19)26(27,28)29/h6-14,18H,5,15H2,1-4H3. The smallest absolute Gasteiger partial charge is 0.416 e. The molecule has 1 atom stereocenters. The SMILES string of the molecule is CCOC(=O)COc1ccc(OC(C)c2ccc(-c3cccc(C(F)(F)F)c3)nc2C)cc1C. The fraction of sp³-hybridized carbons (Fsp3) is 0.308. The second-order valence-corrected chi connectivity index (χ2v) is 7.73. The Morgan fingerprint density at radius 3 is 2.47 bits per heavy atom. The molecule has 3 rings (SSSR count). The van der Waals surface area contributed by atoms with Crippen LogP contribution in [-0.2, 0) is 15.7 Å². The minimum absolute atomic E-state index is 0.172. The van der Waals surface area contributed by atoms with Crippen molar-refractivity contribution in [3.63, 3.8) is 0 Å². The molecule has 0 saturated carbocycles. The first-order valence-electron chi connectivity index (χ1n) is 10.8. The Morgan fingerprint density at radius 2 is 1.82 bits per heavy atom. The molecule has 180 valence electrons. The molecule has 0 saturated heterocycles.